The van der Waals surface area contributed by atoms with Gasteiger partial charge in [-0.3, -0.25) is 0 Å². The van der Waals surface area contributed by atoms with Crippen LogP contribution in [0.25, 0.3) is 0 Å². The monoisotopic (exact) mass is 206 g/mol. The quantitative estimate of drug-likeness (QED) is 0.742. The Kier molecular flexibility index (Phi) is 1.97. The van der Waals surface area contributed by atoms with Crippen LogP contribution in [-0.4, -0.2) is 19.8 Å². The SMILES string of the molecule is COc1cccc2c1OC(C1CC1)CO2. The number of benzene rings is 1. The maximum atomic E-state index is 5.93. The molecule has 0 spiro atoms. The third kappa shape index (κ3) is 1.52. The van der Waals surface area contributed by atoms with E-state index in [1.165, 1.54) is 12.8 Å². The Balaban J connectivity index is 1.91. The summed E-state index contributed by atoms with van der Waals surface area (Å²) in [5, 5.41) is 0. The molecule has 1 aromatic carbocycles. The van der Waals surface area contributed by atoms with Gasteiger partial charge in [0, 0.05) is 0 Å². The minimum Gasteiger partial charge on any atom is -0.493 e. The summed E-state index contributed by atoms with van der Waals surface area (Å²) in [6.07, 6.45) is 2.74. The molecule has 1 unspecified atom stereocenters. The molecule has 3 rings (SSSR count). The number of hydrogen-bond acceptors (Lipinski definition) is 3. The Morgan fingerprint density at radius 2 is 2.20 bits per heavy atom. The van der Waals surface area contributed by atoms with Gasteiger partial charge in [-0.1, -0.05) is 6.07 Å². The lowest BCUT2D eigenvalue weighted by Gasteiger charge is -2.27. The molecule has 0 radical (unpaired) electrons. The molecule has 0 bridgehead atoms. The van der Waals surface area contributed by atoms with Crippen LogP contribution in [-0.2, 0) is 0 Å². The maximum absolute atomic E-state index is 5.93. The standard InChI is InChI=1S/C12H14O3/c1-13-9-3-2-4-10-12(9)15-11(7-14-10)8-5-6-8/h2-4,8,11H,5-7H2,1H3. The second-order valence-corrected chi connectivity index (χ2v) is 4.09. The molecular formula is C12H14O3. The fourth-order valence-electron chi connectivity index (χ4n) is 1.94. The zero-order chi connectivity index (χ0) is 10.3. The fourth-order valence-corrected chi connectivity index (χ4v) is 1.94. The molecule has 1 saturated carbocycles. The van der Waals surface area contributed by atoms with E-state index >= 15 is 0 Å². The van der Waals surface area contributed by atoms with Crippen molar-refractivity contribution in [2.75, 3.05) is 13.7 Å². The van der Waals surface area contributed by atoms with Gasteiger partial charge in [0.05, 0.1) is 7.11 Å². The molecular weight excluding hydrogens is 192 g/mol. The van der Waals surface area contributed by atoms with Crippen molar-refractivity contribution >= 4 is 0 Å². The molecule has 1 aliphatic carbocycles. The highest BCUT2D eigenvalue weighted by Crippen LogP contribution is 2.44. The number of hydrogen-bond donors (Lipinski definition) is 0. The van der Waals surface area contributed by atoms with E-state index in [0.717, 1.165) is 17.2 Å². The maximum Gasteiger partial charge on any atom is 0.203 e. The molecule has 0 amide bonds. The summed E-state index contributed by atoms with van der Waals surface area (Å²) < 4.78 is 16.9. The molecule has 15 heavy (non-hydrogen) atoms. The van der Waals surface area contributed by atoms with Crippen LogP contribution in [0.1, 0.15) is 12.8 Å². The van der Waals surface area contributed by atoms with Crippen LogP contribution in [0.4, 0.5) is 0 Å². The van der Waals surface area contributed by atoms with Crippen LogP contribution < -0.4 is 14.2 Å². The summed E-state index contributed by atoms with van der Waals surface area (Å²) in [4.78, 5) is 0. The van der Waals surface area contributed by atoms with Crippen molar-refractivity contribution in [1.82, 2.24) is 0 Å². The summed E-state index contributed by atoms with van der Waals surface area (Å²) in [7, 11) is 1.65. The molecule has 3 heteroatoms. The van der Waals surface area contributed by atoms with Gasteiger partial charge >= 0.3 is 0 Å². The molecule has 0 saturated heterocycles. The van der Waals surface area contributed by atoms with Crippen molar-refractivity contribution in [3.63, 3.8) is 0 Å². The molecule has 1 aliphatic heterocycles. The largest absolute Gasteiger partial charge is 0.493 e. The van der Waals surface area contributed by atoms with Crippen molar-refractivity contribution in [3.8, 4) is 17.2 Å². The van der Waals surface area contributed by atoms with E-state index in [1.807, 2.05) is 18.2 Å². The van der Waals surface area contributed by atoms with E-state index in [1.54, 1.807) is 7.11 Å². The fraction of sp³-hybridized carbons (Fsp3) is 0.500. The van der Waals surface area contributed by atoms with Gasteiger partial charge in [0.1, 0.15) is 12.7 Å². The van der Waals surface area contributed by atoms with Crippen LogP contribution in [0.2, 0.25) is 0 Å². The van der Waals surface area contributed by atoms with Crippen LogP contribution in [0.15, 0.2) is 18.2 Å². The lowest BCUT2D eigenvalue weighted by molar-refractivity contribution is 0.0721. The van der Waals surface area contributed by atoms with Crippen LogP contribution in [0.5, 0.6) is 17.2 Å². The highest BCUT2D eigenvalue weighted by molar-refractivity contribution is 5.52. The molecule has 80 valence electrons. The van der Waals surface area contributed by atoms with E-state index in [0.29, 0.717) is 12.5 Å². The molecule has 1 aromatic rings. The van der Waals surface area contributed by atoms with Gasteiger partial charge in [0.2, 0.25) is 5.75 Å². The molecule has 3 nitrogen and oxygen atoms in total. The van der Waals surface area contributed by atoms with Gasteiger partial charge < -0.3 is 14.2 Å². The Morgan fingerprint density at radius 3 is 2.93 bits per heavy atom. The summed E-state index contributed by atoms with van der Waals surface area (Å²) in [6.45, 7) is 0.671. The Labute approximate surface area is 89.0 Å². The summed E-state index contributed by atoms with van der Waals surface area (Å²) in [5.74, 6) is 3.01. The number of para-hydroxylation sites is 1. The first kappa shape index (κ1) is 8.89. The number of methoxy groups -OCH3 is 1. The predicted molar refractivity (Wildman–Crippen MR) is 55.6 cm³/mol. The van der Waals surface area contributed by atoms with E-state index in [2.05, 4.69) is 0 Å². The second-order valence-electron chi connectivity index (χ2n) is 4.09. The molecule has 0 aromatic heterocycles. The topological polar surface area (TPSA) is 27.7 Å². The molecule has 0 N–H and O–H groups in total. The Bertz CT molecular complexity index is 357. The highest BCUT2D eigenvalue weighted by atomic mass is 16.6. The number of ether oxygens (including phenoxy) is 3. The smallest absolute Gasteiger partial charge is 0.203 e. The predicted octanol–water partition coefficient (Wildman–Crippen LogP) is 2.24. The van der Waals surface area contributed by atoms with Gasteiger partial charge in [0.15, 0.2) is 11.5 Å². The minimum absolute atomic E-state index is 0.216. The van der Waals surface area contributed by atoms with Crippen molar-refractivity contribution in [1.29, 1.82) is 0 Å². The van der Waals surface area contributed by atoms with Gasteiger partial charge in [-0.15, -0.1) is 0 Å². The number of rotatable bonds is 2. The van der Waals surface area contributed by atoms with Gasteiger partial charge in [-0.05, 0) is 30.9 Å². The van der Waals surface area contributed by atoms with E-state index in [4.69, 9.17) is 14.2 Å². The van der Waals surface area contributed by atoms with Gasteiger partial charge in [-0.2, -0.15) is 0 Å². The lowest BCUT2D eigenvalue weighted by Crippen LogP contribution is -2.31. The molecule has 2 aliphatic rings. The normalized spacial score (nSPS) is 23.7. The number of fused-ring (bicyclic) bond motifs is 1. The Hall–Kier alpha value is -1.38. The van der Waals surface area contributed by atoms with Gasteiger partial charge in [-0.25, -0.2) is 0 Å². The minimum atomic E-state index is 0.216. The van der Waals surface area contributed by atoms with Gasteiger partial charge in [0.25, 0.3) is 0 Å². The van der Waals surface area contributed by atoms with E-state index < -0.39 is 0 Å². The second kappa shape index (κ2) is 3.33. The summed E-state index contributed by atoms with van der Waals surface area (Å²) in [5.41, 5.74) is 0. The first-order valence-electron chi connectivity index (χ1n) is 5.35. The van der Waals surface area contributed by atoms with E-state index in [9.17, 15) is 0 Å². The van der Waals surface area contributed by atoms with Crippen LogP contribution in [0.3, 0.4) is 0 Å². The zero-order valence-corrected chi connectivity index (χ0v) is 8.73. The summed E-state index contributed by atoms with van der Waals surface area (Å²) in [6, 6.07) is 5.73. The lowest BCUT2D eigenvalue weighted by atomic mass is 10.2. The third-order valence-electron chi connectivity index (χ3n) is 2.98. The van der Waals surface area contributed by atoms with Crippen molar-refractivity contribution in [3.05, 3.63) is 18.2 Å². The summed E-state index contributed by atoms with van der Waals surface area (Å²) >= 11 is 0. The molecule has 1 atom stereocenters. The zero-order valence-electron chi connectivity index (χ0n) is 8.73. The van der Waals surface area contributed by atoms with E-state index in [-0.39, 0.29) is 6.10 Å². The first-order valence-corrected chi connectivity index (χ1v) is 5.35. The van der Waals surface area contributed by atoms with Crippen LogP contribution >= 0.6 is 0 Å². The average molecular weight is 206 g/mol. The van der Waals surface area contributed by atoms with Crippen molar-refractivity contribution in [2.24, 2.45) is 5.92 Å². The average Bonchev–Trinajstić information content (AvgIpc) is 3.11. The molecule has 1 fully saturated rings. The first-order chi connectivity index (χ1) is 7.38. The highest BCUT2D eigenvalue weighted by Gasteiger charge is 2.37. The van der Waals surface area contributed by atoms with Crippen molar-refractivity contribution in [2.45, 2.75) is 18.9 Å². The van der Waals surface area contributed by atoms with Crippen molar-refractivity contribution < 1.29 is 14.2 Å². The third-order valence-corrected chi connectivity index (χ3v) is 2.98. The van der Waals surface area contributed by atoms with Crippen LogP contribution in [0, 0.1) is 5.92 Å². The molecule has 1 heterocycles. The Morgan fingerprint density at radius 1 is 1.33 bits per heavy atom.